The van der Waals surface area contributed by atoms with Crippen molar-refractivity contribution in [3.05, 3.63) is 76.3 Å². The fraction of sp³-hybridized carbons (Fsp3) is 0.323. The van der Waals surface area contributed by atoms with Crippen LogP contribution in [-0.4, -0.2) is 65.9 Å². The summed E-state index contributed by atoms with van der Waals surface area (Å²) in [5.41, 5.74) is 5.94. The summed E-state index contributed by atoms with van der Waals surface area (Å²) in [6.45, 7) is 7.15. The van der Waals surface area contributed by atoms with Gasteiger partial charge in [-0.2, -0.15) is 0 Å². The van der Waals surface area contributed by atoms with Gasteiger partial charge in [0, 0.05) is 31.5 Å². The third kappa shape index (κ3) is 5.44. The molecule has 0 spiro atoms. The number of nitrogens with zero attached hydrogens (tertiary/aromatic N) is 5. The molecule has 0 atom stereocenters. The molecule has 8 heteroatoms. The summed E-state index contributed by atoms with van der Waals surface area (Å²) < 4.78 is 13.3. The highest BCUT2D eigenvalue weighted by Crippen LogP contribution is 2.27. The summed E-state index contributed by atoms with van der Waals surface area (Å²) >= 11 is 0. The standard InChI is InChI=1S/C31H34N6O2/c1-22-9-11-23(12-10-22)37-29-8-4-3-6-24(29)34-28-20-27(35-25-7-5-13-33-31(25)38-2)26(21-30(28)37)32-14-15-36-16-18-39-19-17-36/h5-13,20-21,35H,3-4,14-19H2,1-2H3. The van der Waals surface area contributed by atoms with Crippen LogP contribution in [0, 0.1) is 6.92 Å². The second kappa shape index (κ2) is 11.4. The van der Waals surface area contributed by atoms with Crippen LogP contribution >= 0.6 is 0 Å². The van der Waals surface area contributed by atoms with Crippen LogP contribution in [-0.2, 0) is 4.74 Å². The number of rotatable bonds is 7. The van der Waals surface area contributed by atoms with E-state index in [1.165, 1.54) is 5.56 Å². The van der Waals surface area contributed by atoms with Crippen molar-refractivity contribution in [2.24, 2.45) is 4.99 Å². The van der Waals surface area contributed by atoms with Gasteiger partial charge < -0.3 is 19.4 Å². The van der Waals surface area contributed by atoms with E-state index in [0.29, 0.717) is 12.4 Å². The number of aryl methyl sites for hydroxylation is 1. The third-order valence-electron chi connectivity index (χ3n) is 7.25. The Morgan fingerprint density at radius 3 is 2.67 bits per heavy atom. The quantitative estimate of drug-likeness (QED) is 0.402. The van der Waals surface area contributed by atoms with Crippen molar-refractivity contribution in [1.29, 1.82) is 0 Å². The van der Waals surface area contributed by atoms with E-state index < -0.39 is 0 Å². The van der Waals surface area contributed by atoms with Crippen LogP contribution in [0.15, 0.2) is 59.7 Å². The number of aromatic nitrogens is 3. The lowest BCUT2D eigenvalue weighted by Gasteiger charge is -2.25. The number of hydrogen-bond acceptors (Lipinski definition) is 7. The molecule has 2 aromatic rings. The summed E-state index contributed by atoms with van der Waals surface area (Å²) in [4.78, 5) is 17.0. The predicted molar refractivity (Wildman–Crippen MR) is 154 cm³/mol. The number of methoxy groups -OCH3 is 1. The smallest absolute Gasteiger partial charge is 0.237 e. The topological polar surface area (TPSA) is 76.8 Å². The largest absolute Gasteiger partial charge is 0.480 e. The number of hydrogen-bond donors (Lipinski definition) is 1. The van der Waals surface area contributed by atoms with Gasteiger partial charge in [0.15, 0.2) is 0 Å². The van der Waals surface area contributed by atoms with Gasteiger partial charge in [-0.25, -0.2) is 9.97 Å². The molecule has 0 saturated carbocycles. The molecule has 4 aliphatic rings. The number of nitrogens with one attached hydrogen (secondary N) is 1. The first kappa shape index (κ1) is 25.3. The summed E-state index contributed by atoms with van der Waals surface area (Å²) in [6.07, 6.45) is 8.25. The molecule has 2 aliphatic heterocycles. The van der Waals surface area contributed by atoms with Crippen LogP contribution in [0.1, 0.15) is 18.4 Å². The molecule has 39 heavy (non-hydrogen) atoms. The van der Waals surface area contributed by atoms with Gasteiger partial charge in [0.2, 0.25) is 5.88 Å². The van der Waals surface area contributed by atoms with Crippen molar-refractivity contribution in [3.63, 3.8) is 0 Å². The van der Waals surface area contributed by atoms with Crippen LogP contribution in [0.2, 0.25) is 0 Å². The maximum absolute atomic E-state index is 5.51. The molecule has 0 unspecified atom stereocenters. The monoisotopic (exact) mass is 522 g/mol. The van der Waals surface area contributed by atoms with E-state index >= 15 is 0 Å². The summed E-state index contributed by atoms with van der Waals surface area (Å²) in [6, 6.07) is 16.8. The molecule has 1 aromatic heterocycles. The molecule has 3 heterocycles. The second-order valence-corrected chi connectivity index (χ2v) is 9.92. The minimum atomic E-state index is 0.535. The molecular weight excluding hydrogens is 488 g/mol. The highest BCUT2D eigenvalue weighted by Gasteiger charge is 2.17. The van der Waals surface area contributed by atoms with Crippen molar-refractivity contribution in [1.82, 2.24) is 19.4 Å². The number of benzene rings is 2. The molecule has 1 aromatic carbocycles. The Balaban J connectivity index is 1.53. The SMILES string of the molecule is COc1ncccc1Nc1cc2nc3c(n(-c4ccc(C)cc4)c-2cc1=NCCN1CCOCC1)=CCCC=3. The van der Waals surface area contributed by atoms with Gasteiger partial charge in [-0.05, 0) is 56.2 Å². The lowest BCUT2D eigenvalue weighted by atomic mass is 10.1. The van der Waals surface area contributed by atoms with Gasteiger partial charge in [-0.3, -0.25) is 9.89 Å². The van der Waals surface area contributed by atoms with E-state index in [-0.39, 0.29) is 0 Å². The Morgan fingerprint density at radius 1 is 1.03 bits per heavy atom. The predicted octanol–water partition coefficient (Wildman–Crippen LogP) is 3.02. The summed E-state index contributed by atoms with van der Waals surface area (Å²) in [5, 5.41) is 6.56. The molecule has 0 bridgehead atoms. The van der Waals surface area contributed by atoms with Gasteiger partial charge in [0.05, 0.1) is 60.0 Å². The molecule has 200 valence electrons. The van der Waals surface area contributed by atoms with Crippen molar-refractivity contribution in [2.45, 2.75) is 19.8 Å². The highest BCUT2D eigenvalue weighted by atomic mass is 16.5. The first-order chi connectivity index (χ1) is 19.2. The maximum Gasteiger partial charge on any atom is 0.237 e. The molecule has 2 aliphatic carbocycles. The number of fused-ring (bicyclic) bond motifs is 2. The van der Waals surface area contributed by atoms with Gasteiger partial charge in [-0.1, -0.05) is 29.8 Å². The normalized spacial score (nSPS) is 15.9. The molecule has 8 nitrogen and oxygen atoms in total. The van der Waals surface area contributed by atoms with Crippen LogP contribution in [0.3, 0.4) is 0 Å². The van der Waals surface area contributed by atoms with Gasteiger partial charge in [0.25, 0.3) is 0 Å². The van der Waals surface area contributed by atoms with Crippen LogP contribution < -0.4 is 26.1 Å². The zero-order valence-electron chi connectivity index (χ0n) is 22.6. The Hall–Kier alpha value is -4.01. The molecule has 6 rings (SSSR count). The Morgan fingerprint density at radius 2 is 1.85 bits per heavy atom. The molecule has 0 radical (unpaired) electrons. The van der Waals surface area contributed by atoms with Gasteiger partial charge >= 0.3 is 0 Å². The first-order valence-electron chi connectivity index (χ1n) is 13.6. The molecule has 1 saturated heterocycles. The number of ether oxygens (including phenoxy) is 2. The fourth-order valence-electron chi connectivity index (χ4n) is 5.19. The Bertz CT molecular complexity index is 1620. The van der Waals surface area contributed by atoms with E-state index in [1.54, 1.807) is 13.3 Å². The van der Waals surface area contributed by atoms with E-state index in [4.69, 9.17) is 19.5 Å². The van der Waals surface area contributed by atoms with Gasteiger partial charge in [-0.15, -0.1) is 0 Å². The zero-order valence-corrected chi connectivity index (χ0v) is 22.6. The van der Waals surface area contributed by atoms with Gasteiger partial charge in [0.1, 0.15) is 5.69 Å². The summed E-state index contributed by atoms with van der Waals surface area (Å²) in [7, 11) is 1.63. The van der Waals surface area contributed by atoms with Crippen molar-refractivity contribution in [3.8, 4) is 23.0 Å². The average molecular weight is 523 g/mol. The highest BCUT2D eigenvalue weighted by molar-refractivity contribution is 5.71. The van der Waals surface area contributed by atoms with Crippen LogP contribution in [0.25, 0.3) is 29.2 Å². The Labute approximate surface area is 228 Å². The fourth-order valence-corrected chi connectivity index (χ4v) is 5.19. The average Bonchev–Trinajstić information content (AvgIpc) is 2.98. The van der Waals surface area contributed by atoms with Crippen molar-refractivity contribution >= 4 is 23.5 Å². The second-order valence-electron chi connectivity index (χ2n) is 9.92. The molecular formula is C31H34N6O2. The van der Waals surface area contributed by atoms with E-state index in [0.717, 1.165) is 90.2 Å². The minimum Gasteiger partial charge on any atom is -0.480 e. The third-order valence-corrected chi connectivity index (χ3v) is 7.25. The van der Waals surface area contributed by atoms with E-state index in [2.05, 4.69) is 75.2 Å². The number of pyridine rings is 1. The minimum absolute atomic E-state index is 0.535. The first-order valence-corrected chi connectivity index (χ1v) is 13.6. The maximum atomic E-state index is 5.51. The van der Waals surface area contributed by atoms with Crippen molar-refractivity contribution in [2.75, 3.05) is 51.8 Å². The Kier molecular flexibility index (Phi) is 7.38. The number of morpholine rings is 1. The lowest BCUT2D eigenvalue weighted by Crippen LogP contribution is -2.40. The van der Waals surface area contributed by atoms with Crippen molar-refractivity contribution < 1.29 is 9.47 Å². The zero-order chi connectivity index (χ0) is 26.6. The molecule has 0 amide bonds. The van der Waals surface area contributed by atoms with E-state index in [1.807, 2.05) is 12.1 Å². The van der Waals surface area contributed by atoms with Crippen LogP contribution in [0.4, 0.5) is 11.4 Å². The van der Waals surface area contributed by atoms with E-state index in [9.17, 15) is 0 Å². The lowest BCUT2D eigenvalue weighted by molar-refractivity contribution is 0.0394. The number of anilines is 2. The molecule has 1 fully saturated rings. The summed E-state index contributed by atoms with van der Waals surface area (Å²) in [5.74, 6) is 0.535. The van der Waals surface area contributed by atoms with Crippen LogP contribution in [0.5, 0.6) is 5.88 Å². The molecule has 1 N–H and O–H groups in total.